The number of thiophene rings is 1. The van der Waals surface area contributed by atoms with E-state index in [1.54, 1.807) is 11.3 Å². The molecule has 1 aromatic rings. The molecule has 0 bridgehead atoms. The van der Waals surface area contributed by atoms with E-state index in [9.17, 15) is 10.2 Å². The van der Waals surface area contributed by atoms with Gasteiger partial charge in [0.15, 0.2) is 0 Å². The van der Waals surface area contributed by atoms with Crippen LogP contribution in [0.25, 0.3) is 0 Å². The van der Waals surface area contributed by atoms with Crippen LogP contribution in [0.1, 0.15) is 52.5 Å². The molecule has 0 aliphatic carbocycles. The predicted octanol–water partition coefficient (Wildman–Crippen LogP) is 2.87. The van der Waals surface area contributed by atoms with Gasteiger partial charge in [-0.1, -0.05) is 13.8 Å². The van der Waals surface area contributed by atoms with Gasteiger partial charge in [-0.15, -0.1) is 0 Å². The van der Waals surface area contributed by atoms with Gasteiger partial charge >= 0.3 is 0 Å². The summed E-state index contributed by atoms with van der Waals surface area (Å²) in [5.74, 6) is 0. The summed E-state index contributed by atoms with van der Waals surface area (Å²) < 4.78 is 0. The van der Waals surface area contributed by atoms with Gasteiger partial charge in [-0.2, -0.15) is 11.3 Å². The van der Waals surface area contributed by atoms with Gasteiger partial charge in [0.1, 0.15) is 0 Å². The zero-order valence-corrected chi connectivity index (χ0v) is 13.3. The summed E-state index contributed by atoms with van der Waals surface area (Å²) >= 11 is 1.59. The molecule has 0 aliphatic rings. The standard InChI is InChI=1S/C15H27NO2S/c1-5-13(9-14(3,17)6-2)16-11-15(4,18)12-7-8-19-10-12/h7-8,10,13,16-18H,5-6,9,11H2,1-4H3. The Bertz CT molecular complexity index is 360. The zero-order valence-electron chi connectivity index (χ0n) is 12.4. The van der Waals surface area contributed by atoms with E-state index >= 15 is 0 Å². The molecule has 19 heavy (non-hydrogen) atoms. The smallest absolute Gasteiger partial charge is 0.1000 e. The van der Waals surface area contributed by atoms with Crippen molar-refractivity contribution >= 4 is 11.3 Å². The lowest BCUT2D eigenvalue weighted by Gasteiger charge is -2.31. The Labute approximate surface area is 120 Å². The van der Waals surface area contributed by atoms with Crippen molar-refractivity contribution in [3.63, 3.8) is 0 Å². The van der Waals surface area contributed by atoms with Crippen molar-refractivity contribution in [1.82, 2.24) is 5.32 Å². The first-order chi connectivity index (χ1) is 8.80. The van der Waals surface area contributed by atoms with Crippen molar-refractivity contribution in [2.75, 3.05) is 6.54 Å². The van der Waals surface area contributed by atoms with Crippen LogP contribution < -0.4 is 5.32 Å². The lowest BCUT2D eigenvalue weighted by molar-refractivity contribution is 0.0238. The molecule has 0 aromatic carbocycles. The molecule has 0 fully saturated rings. The largest absolute Gasteiger partial charge is 0.390 e. The predicted molar refractivity (Wildman–Crippen MR) is 81.5 cm³/mol. The summed E-state index contributed by atoms with van der Waals surface area (Å²) in [6, 6.07) is 2.18. The average Bonchev–Trinajstić information content (AvgIpc) is 2.89. The van der Waals surface area contributed by atoms with Gasteiger partial charge in [-0.25, -0.2) is 0 Å². The van der Waals surface area contributed by atoms with Gasteiger partial charge < -0.3 is 15.5 Å². The van der Waals surface area contributed by atoms with E-state index in [4.69, 9.17) is 0 Å². The second-order valence-corrected chi connectivity index (χ2v) is 6.61. The lowest BCUT2D eigenvalue weighted by Crippen LogP contribution is -2.43. The van der Waals surface area contributed by atoms with Crippen LogP contribution in [0.2, 0.25) is 0 Å². The van der Waals surface area contributed by atoms with Gasteiger partial charge in [-0.05, 0) is 55.5 Å². The normalized spacial score (nSPS) is 19.7. The topological polar surface area (TPSA) is 52.5 Å². The van der Waals surface area contributed by atoms with Crippen molar-refractivity contribution in [2.24, 2.45) is 0 Å². The second-order valence-electron chi connectivity index (χ2n) is 5.83. The maximum Gasteiger partial charge on any atom is 0.1000 e. The SMILES string of the molecule is CCC(CC(C)(O)CC)NCC(C)(O)c1ccsc1. The van der Waals surface area contributed by atoms with Crippen LogP contribution >= 0.6 is 11.3 Å². The Morgan fingerprint density at radius 1 is 1.32 bits per heavy atom. The molecule has 0 spiro atoms. The minimum atomic E-state index is -0.856. The van der Waals surface area contributed by atoms with E-state index in [1.807, 2.05) is 37.6 Å². The Kier molecular flexibility index (Phi) is 5.99. The maximum absolute atomic E-state index is 10.5. The van der Waals surface area contributed by atoms with Gasteiger partial charge in [0.25, 0.3) is 0 Å². The Hall–Kier alpha value is -0.420. The number of nitrogens with one attached hydrogen (secondary N) is 1. The first-order valence-electron chi connectivity index (χ1n) is 7.01. The van der Waals surface area contributed by atoms with E-state index in [2.05, 4.69) is 12.2 Å². The van der Waals surface area contributed by atoms with Crippen molar-refractivity contribution in [2.45, 2.75) is 64.2 Å². The molecule has 4 heteroatoms. The number of aliphatic hydroxyl groups is 2. The van der Waals surface area contributed by atoms with Crippen LogP contribution in [-0.2, 0) is 5.60 Å². The number of hydrogen-bond donors (Lipinski definition) is 3. The molecule has 3 atom stereocenters. The van der Waals surface area contributed by atoms with E-state index < -0.39 is 11.2 Å². The maximum atomic E-state index is 10.5. The first-order valence-corrected chi connectivity index (χ1v) is 7.96. The van der Waals surface area contributed by atoms with Crippen LogP contribution in [0.15, 0.2) is 16.8 Å². The number of hydrogen-bond acceptors (Lipinski definition) is 4. The van der Waals surface area contributed by atoms with Crippen LogP contribution in [0.5, 0.6) is 0 Å². The zero-order chi connectivity index (χ0) is 14.5. The quantitative estimate of drug-likeness (QED) is 0.688. The molecule has 1 heterocycles. The van der Waals surface area contributed by atoms with E-state index in [0.717, 1.165) is 18.4 Å². The first kappa shape index (κ1) is 16.6. The second kappa shape index (κ2) is 6.84. The Balaban J connectivity index is 2.54. The molecule has 110 valence electrons. The molecule has 3 N–H and O–H groups in total. The van der Waals surface area contributed by atoms with E-state index in [-0.39, 0.29) is 6.04 Å². The van der Waals surface area contributed by atoms with E-state index in [0.29, 0.717) is 13.0 Å². The fourth-order valence-electron chi connectivity index (χ4n) is 2.05. The minimum Gasteiger partial charge on any atom is -0.390 e. The molecule has 1 aromatic heterocycles. The molecule has 1 rings (SSSR count). The highest BCUT2D eigenvalue weighted by molar-refractivity contribution is 7.08. The summed E-state index contributed by atoms with van der Waals surface area (Å²) in [6.45, 7) is 8.29. The summed E-state index contributed by atoms with van der Waals surface area (Å²) in [6.07, 6.45) is 2.39. The third-order valence-electron chi connectivity index (χ3n) is 3.82. The van der Waals surface area contributed by atoms with E-state index in [1.165, 1.54) is 0 Å². The molecular weight excluding hydrogens is 258 g/mol. The molecule has 0 saturated heterocycles. The van der Waals surface area contributed by atoms with Gasteiger partial charge in [0.2, 0.25) is 0 Å². The van der Waals surface area contributed by atoms with Crippen molar-refractivity contribution in [3.8, 4) is 0 Å². The summed E-state index contributed by atoms with van der Waals surface area (Å²) in [5.41, 5.74) is -0.546. The Morgan fingerprint density at radius 2 is 2.00 bits per heavy atom. The monoisotopic (exact) mass is 285 g/mol. The number of rotatable bonds is 8. The average molecular weight is 285 g/mol. The fraction of sp³-hybridized carbons (Fsp3) is 0.733. The van der Waals surface area contributed by atoms with Crippen LogP contribution in [0.3, 0.4) is 0 Å². The Morgan fingerprint density at radius 3 is 2.47 bits per heavy atom. The minimum absolute atomic E-state index is 0.222. The molecule has 0 aliphatic heterocycles. The lowest BCUT2D eigenvalue weighted by atomic mass is 9.92. The van der Waals surface area contributed by atoms with Gasteiger partial charge in [0.05, 0.1) is 11.2 Å². The highest BCUT2D eigenvalue weighted by Gasteiger charge is 2.27. The highest BCUT2D eigenvalue weighted by atomic mass is 32.1. The molecule has 0 amide bonds. The van der Waals surface area contributed by atoms with Crippen molar-refractivity contribution < 1.29 is 10.2 Å². The van der Waals surface area contributed by atoms with Crippen LogP contribution in [0.4, 0.5) is 0 Å². The van der Waals surface area contributed by atoms with Gasteiger partial charge in [-0.3, -0.25) is 0 Å². The summed E-state index contributed by atoms with van der Waals surface area (Å²) in [5, 5.41) is 27.9. The third kappa shape index (κ3) is 5.22. The molecular formula is C15H27NO2S. The van der Waals surface area contributed by atoms with Crippen molar-refractivity contribution in [1.29, 1.82) is 0 Å². The fourth-order valence-corrected chi connectivity index (χ4v) is 2.83. The van der Waals surface area contributed by atoms with Crippen molar-refractivity contribution in [3.05, 3.63) is 22.4 Å². The summed E-state index contributed by atoms with van der Waals surface area (Å²) in [4.78, 5) is 0. The molecule has 3 unspecified atom stereocenters. The molecule has 3 nitrogen and oxygen atoms in total. The van der Waals surface area contributed by atoms with Crippen LogP contribution in [0, 0.1) is 0 Å². The molecule has 0 radical (unpaired) electrons. The van der Waals surface area contributed by atoms with Crippen LogP contribution in [-0.4, -0.2) is 28.4 Å². The van der Waals surface area contributed by atoms with Gasteiger partial charge in [0, 0.05) is 12.6 Å². The molecule has 0 saturated carbocycles. The third-order valence-corrected chi connectivity index (χ3v) is 4.50. The summed E-state index contributed by atoms with van der Waals surface area (Å²) in [7, 11) is 0. The highest BCUT2D eigenvalue weighted by Crippen LogP contribution is 2.23.